The molecule has 0 rings (SSSR count). The summed E-state index contributed by atoms with van der Waals surface area (Å²) >= 11 is 0. The summed E-state index contributed by atoms with van der Waals surface area (Å²) in [5, 5.41) is 8.61. The van der Waals surface area contributed by atoms with E-state index in [-0.39, 0.29) is 18.4 Å². The van der Waals surface area contributed by atoms with Gasteiger partial charge in [-0.25, -0.2) is 21.6 Å². The molecule has 0 aromatic heterocycles. The second-order valence-electron chi connectivity index (χ2n) is 5.65. The molecule has 0 fully saturated rings. The van der Waals surface area contributed by atoms with Crippen LogP contribution in [0, 0.1) is 5.41 Å². The van der Waals surface area contributed by atoms with Gasteiger partial charge >= 0.3 is 5.97 Å². The van der Waals surface area contributed by atoms with Gasteiger partial charge in [-0.3, -0.25) is 4.79 Å². The molecule has 0 saturated heterocycles. The maximum Gasteiger partial charge on any atom is 0.303 e. The zero-order chi connectivity index (χ0) is 16.0. The van der Waals surface area contributed by atoms with Crippen LogP contribution in [0.2, 0.25) is 0 Å². The van der Waals surface area contributed by atoms with Gasteiger partial charge in [-0.1, -0.05) is 13.8 Å². The van der Waals surface area contributed by atoms with E-state index in [1.54, 1.807) is 0 Å². The van der Waals surface area contributed by atoms with Crippen LogP contribution in [0.4, 0.5) is 0 Å². The fourth-order valence-corrected chi connectivity index (χ4v) is 4.09. The van der Waals surface area contributed by atoms with Gasteiger partial charge in [0, 0.05) is 19.2 Å². The minimum atomic E-state index is -3.61. The molecule has 0 heterocycles. The normalized spacial score (nSPS) is 13.3. The van der Waals surface area contributed by atoms with Crippen LogP contribution in [0.3, 0.4) is 0 Å². The van der Waals surface area contributed by atoms with Crippen molar-refractivity contribution in [2.45, 2.75) is 33.1 Å². The Morgan fingerprint density at radius 1 is 1.10 bits per heavy atom. The van der Waals surface area contributed by atoms with Crippen LogP contribution in [0.5, 0.6) is 0 Å². The van der Waals surface area contributed by atoms with Crippen LogP contribution in [0.15, 0.2) is 0 Å². The van der Waals surface area contributed by atoms with Crippen molar-refractivity contribution in [2.24, 2.45) is 5.41 Å². The summed E-state index contributed by atoms with van der Waals surface area (Å²) < 4.78 is 47.3. The standard InChI is InChI=1S/C11H23NO6S2/c1-11(2,5-4-10(13)14)6-7-12-20(17,18)9-8-19(3,15)16/h12H,4-9H2,1-3H3,(H,13,14). The second-order valence-corrected chi connectivity index (χ2v) is 9.84. The van der Waals surface area contributed by atoms with Crippen molar-refractivity contribution >= 4 is 25.8 Å². The van der Waals surface area contributed by atoms with Gasteiger partial charge in [0.1, 0.15) is 9.84 Å². The number of hydrogen-bond acceptors (Lipinski definition) is 5. The molecule has 7 nitrogen and oxygen atoms in total. The van der Waals surface area contributed by atoms with Gasteiger partial charge in [0.15, 0.2) is 0 Å². The van der Waals surface area contributed by atoms with Gasteiger partial charge in [0.05, 0.1) is 11.5 Å². The Morgan fingerprint density at radius 2 is 1.65 bits per heavy atom. The Bertz CT molecular complexity index is 521. The summed E-state index contributed by atoms with van der Waals surface area (Å²) in [6.45, 7) is 3.89. The fraction of sp³-hybridized carbons (Fsp3) is 0.909. The third kappa shape index (κ3) is 11.2. The lowest BCUT2D eigenvalue weighted by Gasteiger charge is -2.23. The lowest BCUT2D eigenvalue weighted by atomic mass is 9.84. The van der Waals surface area contributed by atoms with Crippen LogP contribution < -0.4 is 4.72 Å². The number of rotatable bonds is 10. The van der Waals surface area contributed by atoms with E-state index in [0.717, 1.165) is 6.26 Å². The zero-order valence-electron chi connectivity index (χ0n) is 12.0. The Hall–Kier alpha value is -0.670. The Kier molecular flexibility index (Phi) is 7.12. The SMILES string of the molecule is CC(C)(CCNS(=O)(=O)CCS(C)(=O)=O)CCC(=O)O. The highest BCUT2D eigenvalue weighted by Crippen LogP contribution is 2.26. The second kappa shape index (κ2) is 7.37. The summed E-state index contributed by atoms with van der Waals surface area (Å²) in [6, 6.07) is 0. The number of sulfonamides is 1. The van der Waals surface area contributed by atoms with E-state index in [0.29, 0.717) is 12.8 Å². The topological polar surface area (TPSA) is 118 Å². The molecule has 0 aromatic carbocycles. The first-order valence-electron chi connectivity index (χ1n) is 6.20. The lowest BCUT2D eigenvalue weighted by Crippen LogP contribution is -2.32. The third-order valence-corrected chi connectivity index (χ3v) is 5.45. The fourth-order valence-electron chi connectivity index (χ4n) is 1.45. The summed E-state index contributed by atoms with van der Waals surface area (Å²) in [5.41, 5.74) is -0.294. The van der Waals surface area contributed by atoms with Crippen molar-refractivity contribution in [3.8, 4) is 0 Å². The number of sulfone groups is 1. The third-order valence-electron chi connectivity index (χ3n) is 2.86. The molecule has 0 unspecified atom stereocenters. The van der Waals surface area contributed by atoms with Gasteiger partial charge in [0.2, 0.25) is 10.0 Å². The molecule has 0 bridgehead atoms. The maximum atomic E-state index is 11.6. The van der Waals surface area contributed by atoms with Crippen molar-refractivity contribution in [3.63, 3.8) is 0 Å². The molecule has 0 saturated carbocycles. The van der Waals surface area contributed by atoms with Crippen molar-refractivity contribution in [1.82, 2.24) is 4.72 Å². The maximum absolute atomic E-state index is 11.6. The molecule has 0 atom stereocenters. The average Bonchev–Trinajstić information content (AvgIpc) is 2.23. The molecule has 0 aliphatic rings. The van der Waals surface area contributed by atoms with E-state index in [9.17, 15) is 21.6 Å². The van der Waals surface area contributed by atoms with Crippen molar-refractivity contribution < 1.29 is 26.7 Å². The monoisotopic (exact) mass is 329 g/mol. The van der Waals surface area contributed by atoms with E-state index in [1.165, 1.54) is 0 Å². The van der Waals surface area contributed by atoms with Crippen molar-refractivity contribution in [2.75, 3.05) is 24.3 Å². The number of aliphatic carboxylic acids is 1. The Morgan fingerprint density at radius 3 is 2.10 bits per heavy atom. The Labute approximate surface area is 120 Å². The van der Waals surface area contributed by atoms with Crippen LogP contribution in [0.25, 0.3) is 0 Å². The van der Waals surface area contributed by atoms with Gasteiger partial charge in [-0.05, 0) is 18.3 Å². The van der Waals surface area contributed by atoms with Gasteiger partial charge in [-0.15, -0.1) is 0 Å². The summed E-state index contributed by atoms with van der Waals surface area (Å²) in [5.74, 6) is -1.75. The van der Waals surface area contributed by atoms with Crippen molar-refractivity contribution in [3.05, 3.63) is 0 Å². The van der Waals surface area contributed by atoms with Crippen LogP contribution in [-0.4, -0.2) is 52.2 Å². The minimum Gasteiger partial charge on any atom is -0.481 e. The molecular formula is C11H23NO6S2. The summed E-state index contributed by atoms with van der Waals surface area (Å²) in [4.78, 5) is 10.5. The summed E-state index contributed by atoms with van der Waals surface area (Å²) in [6.07, 6.45) is 1.96. The van der Waals surface area contributed by atoms with Crippen LogP contribution in [0.1, 0.15) is 33.1 Å². The predicted octanol–water partition coefficient (Wildman–Crippen LogP) is 0.232. The molecule has 9 heteroatoms. The molecule has 2 N–H and O–H groups in total. The van der Waals surface area contributed by atoms with E-state index in [2.05, 4.69) is 4.72 Å². The predicted molar refractivity (Wildman–Crippen MR) is 76.8 cm³/mol. The molecule has 0 aliphatic heterocycles. The van der Waals surface area contributed by atoms with Gasteiger partial charge < -0.3 is 5.11 Å². The highest BCUT2D eigenvalue weighted by Gasteiger charge is 2.20. The van der Waals surface area contributed by atoms with E-state index >= 15 is 0 Å². The smallest absolute Gasteiger partial charge is 0.303 e. The largest absolute Gasteiger partial charge is 0.481 e. The average molecular weight is 329 g/mol. The lowest BCUT2D eigenvalue weighted by molar-refractivity contribution is -0.137. The first-order chi connectivity index (χ1) is 8.83. The van der Waals surface area contributed by atoms with Crippen LogP contribution in [-0.2, 0) is 24.7 Å². The van der Waals surface area contributed by atoms with Crippen LogP contribution >= 0.6 is 0 Å². The molecule has 0 aromatic rings. The van der Waals surface area contributed by atoms with E-state index in [4.69, 9.17) is 5.11 Å². The highest BCUT2D eigenvalue weighted by molar-refractivity contribution is 7.93. The first-order valence-corrected chi connectivity index (χ1v) is 9.91. The molecular weight excluding hydrogens is 306 g/mol. The van der Waals surface area contributed by atoms with Gasteiger partial charge in [0.25, 0.3) is 0 Å². The van der Waals surface area contributed by atoms with Gasteiger partial charge in [-0.2, -0.15) is 0 Å². The van der Waals surface area contributed by atoms with E-state index in [1.807, 2.05) is 13.8 Å². The number of carboxylic acid groups (broad SMARTS) is 1. The minimum absolute atomic E-state index is 0.0355. The van der Waals surface area contributed by atoms with E-state index < -0.39 is 37.3 Å². The number of nitrogens with one attached hydrogen (secondary N) is 1. The molecule has 0 aliphatic carbocycles. The summed E-state index contributed by atoms with van der Waals surface area (Å²) in [7, 11) is -6.93. The molecule has 0 radical (unpaired) electrons. The molecule has 0 spiro atoms. The van der Waals surface area contributed by atoms with Crippen molar-refractivity contribution in [1.29, 1.82) is 0 Å². The quantitative estimate of drug-likeness (QED) is 0.592. The Balaban J connectivity index is 4.18. The molecule has 120 valence electrons. The highest BCUT2D eigenvalue weighted by atomic mass is 32.2. The number of hydrogen-bond donors (Lipinski definition) is 2. The zero-order valence-corrected chi connectivity index (χ0v) is 13.7. The molecule has 0 amide bonds. The molecule has 20 heavy (non-hydrogen) atoms. The number of carboxylic acids is 1. The number of carbonyl (C=O) groups is 1. The first kappa shape index (κ1) is 19.3.